The van der Waals surface area contributed by atoms with Gasteiger partial charge in [-0.25, -0.2) is 19.0 Å². The topological polar surface area (TPSA) is 55.6 Å². The molecule has 0 unspecified atom stereocenters. The van der Waals surface area contributed by atoms with E-state index in [0.29, 0.717) is 17.2 Å². The highest BCUT2D eigenvalue weighted by atomic mass is 19.1. The van der Waals surface area contributed by atoms with Gasteiger partial charge in [-0.15, -0.1) is 0 Å². The number of aromatic nitrogens is 4. The lowest BCUT2D eigenvalue weighted by Crippen LogP contribution is -2.00. The van der Waals surface area contributed by atoms with E-state index in [-0.39, 0.29) is 5.82 Å². The third-order valence-electron chi connectivity index (χ3n) is 4.01. The maximum atomic E-state index is 13.6. The summed E-state index contributed by atoms with van der Waals surface area (Å²) >= 11 is 0. The molecule has 25 heavy (non-hydrogen) atoms. The van der Waals surface area contributed by atoms with Crippen molar-refractivity contribution in [1.82, 2.24) is 19.7 Å². The number of benzene rings is 2. The van der Waals surface area contributed by atoms with Crippen molar-refractivity contribution in [3.8, 4) is 5.69 Å². The molecule has 1 N–H and O–H groups in total. The van der Waals surface area contributed by atoms with Crippen LogP contribution in [0.1, 0.15) is 11.3 Å². The van der Waals surface area contributed by atoms with Crippen LogP contribution in [0.25, 0.3) is 16.7 Å². The maximum Gasteiger partial charge on any atom is 0.168 e. The second kappa shape index (κ2) is 5.98. The molecule has 0 aliphatic heterocycles. The fraction of sp³-hybridized carbons (Fsp3) is 0.105. The van der Waals surface area contributed by atoms with Crippen molar-refractivity contribution in [3.63, 3.8) is 0 Å². The van der Waals surface area contributed by atoms with E-state index in [2.05, 4.69) is 20.4 Å². The van der Waals surface area contributed by atoms with E-state index in [4.69, 9.17) is 0 Å². The van der Waals surface area contributed by atoms with Gasteiger partial charge in [-0.1, -0.05) is 23.8 Å². The molecular weight excluding hydrogens is 317 g/mol. The van der Waals surface area contributed by atoms with Crippen LogP contribution in [-0.2, 0) is 0 Å². The molecule has 6 heteroatoms. The zero-order valence-electron chi connectivity index (χ0n) is 13.9. The van der Waals surface area contributed by atoms with E-state index < -0.39 is 0 Å². The van der Waals surface area contributed by atoms with Crippen LogP contribution in [0.15, 0.2) is 54.9 Å². The number of fused-ring (bicyclic) bond motifs is 1. The third-order valence-corrected chi connectivity index (χ3v) is 4.01. The zero-order valence-corrected chi connectivity index (χ0v) is 13.9. The molecule has 0 spiro atoms. The number of hydrogen-bond acceptors (Lipinski definition) is 4. The number of anilines is 2. The molecule has 5 nitrogen and oxygen atoms in total. The van der Waals surface area contributed by atoms with Crippen molar-refractivity contribution in [2.24, 2.45) is 0 Å². The molecule has 0 amide bonds. The highest BCUT2D eigenvalue weighted by Gasteiger charge is 2.15. The number of rotatable bonds is 3. The van der Waals surface area contributed by atoms with Gasteiger partial charge < -0.3 is 5.32 Å². The van der Waals surface area contributed by atoms with Crippen molar-refractivity contribution < 1.29 is 4.39 Å². The summed E-state index contributed by atoms with van der Waals surface area (Å²) in [5.41, 5.74) is 4.15. The zero-order chi connectivity index (χ0) is 17.4. The van der Waals surface area contributed by atoms with Gasteiger partial charge in [0.1, 0.15) is 18.0 Å². The molecule has 2 aromatic heterocycles. The Morgan fingerprint density at radius 1 is 1.00 bits per heavy atom. The van der Waals surface area contributed by atoms with E-state index in [1.807, 2.05) is 38.1 Å². The number of halogens is 1. The minimum absolute atomic E-state index is 0.314. The first-order chi connectivity index (χ1) is 12.1. The molecule has 0 aliphatic carbocycles. The van der Waals surface area contributed by atoms with Gasteiger partial charge in [0.05, 0.1) is 16.8 Å². The van der Waals surface area contributed by atoms with Crippen LogP contribution < -0.4 is 5.32 Å². The van der Waals surface area contributed by atoms with E-state index >= 15 is 0 Å². The van der Waals surface area contributed by atoms with Crippen LogP contribution in [0.3, 0.4) is 0 Å². The molecule has 0 saturated carbocycles. The number of hydrogen-bond donors (Lipinski definition) is 1. The minimum Gasteiger partial charge on any atom is -0.340 e. The van der Waals surface area contributed by atoms with E-state index in [0.717, 1.165) is 16.8 Å². The van der Waals surface area contributed by atoms with Gasteiger partial charge in [0.25, 0.3) is 0 Å². The largest absolute Gasteiger partial charge is 0.340 e. The standard InChI is InChI=1S/C19H16FN5/c1-12-6-8-15(9-7-12)23-18-17-13(2)24-25(19(17)22-11-21-18)16-5-3-4-14(20)10-16/h3-11H,1-2H3,(H,21,22,23). The molecular formula is C19H16FN5. The van der Waals surface area contributed by atoms with Crippen LogP contribution >= 0.6 is 0 Å². The maximum absolute atomic E-state index is 13.6. The first-order valence-corrected chi connectivity index (χ1v) is 7.92. The Balaban J connectivity index is 1.83. The molecule has 0 bridgehead atoms. The van der Waals surface area contributed by atoms with Crippen LogP contribution in [0.5, 0.6) is 0 Å². The second-order valence-electron chi connectivity index (χ2n) is 5.89. The molecule has 0 fully saturated rings. The van der Waals surface area contributed by atoms with Gasteiger partial charge in [-0.2, -0.15) is 5.10 Å². The summed E-state index contributed by atoms with van der Waals surface area (Å²) in [6.45, 7) is 3.93. The molecule has 0 radical (unpaired) electrons. The Labute approximate surface area is 144 Å². The molecule has 124 valence electrons. The smallest absolute Gasteiger partial charge is 0.168 e. The Hall–Kier alpha value is -3.28. The molecule has 4 rings (SSSR count). The average molecular weight is 333 g/mol. The predicted molar refractivity (Wildman–Crippen MR) is 95.8 cm³/mol. The van der Waals surface area contributed by atoms with Gasteiger partial charge in [0.15, 0.2) is 5.65 Å². The number of nitrogens with zero attached hydrogens (tertiary/aromatic N) is 4. The van der Waals surface area contributed by atoms with Crippen LogP contribution in [0.2, 0.25) is 0 Å². The average Bonchev–Trinajstić information content (AvgIpc) is 2.95. The van der Waals surface area contributed by atoms with Crippen LogP contribution in [0, 0.1) is 19.7 Å². The monoisotopic (exact) mass is 333 g/mol. The Kier molecular flexibility index (Phi) is 3.65. The normalized spacial score (nSPS) is 11.0. The van der Waals surface area contributed by atoms with E-state index in [1.165, 1.54) is 24.0 Å². The summed E-state index contributed by atoms with van der Waals surface area (Å²) in [7, 11) is 0. The number of nitrogens with one attached hydrogen (secondary N) is 1. The van der Waals surface area contributed by atoms with Gasteiger partial charge in [-0.3, -0.25) is 0 Å². The van der Waals surface area contributed by atoms with E-state index in [1.54, 1.807) is 16.8 Å². The number of aryl methyl sites for hydroxylation is 2. The van der Waals surface area contributed by atoms with Crippen molar-refractivity contribution in [2.45, 2.75) is 13.8 Å². The van der Waals surface area contributed by atoms with Gasteiger partial charge in [0, 0.05) is 5.69 Å². The highest BCUT2D eigenvalue weighted by Crippen LogP contribution is 2.27. The summed E-state index contributed by atoms with van der Waals surface area (Å²) in [6, 6.07) is 14.3. The minimum atomic E-state index is -0.314. The van der Waals surface area contributed by atoms with Gasteiger partial charge in [-0.05, 0) is 44.2 Å². The highest BCUT2D eigenvalue weighted by molar-refractivity contribution is 5.91. The molecule has 2 heterocycles. The molecule has 0 atom stereocenters. The summed E-state index contributed by atoms with van der Waals surface area (Å²) in [5, 5.41) is 8.65. The SMILES string of the molecule is Cc1ccc(Nc2ncnc3c2c(C)nn3-c2cccc(F)c2)cc1. The molecule has 4 aromatic rings. The third kappa shape index (κ3) is 2.82. The lowest BCUT2D eigenvalue weighted by atomic mass is 10.2. The lowest BCUT2D eigenvalue weighted by Gasteiger charge is -2.07. The summed E-state index contributed by atoms with van der Waals surface area (Å²) in [6.07, 6.45) is 1.48. The van der Waals surface area contributed by atoms with Crippen LogP contribution in [0.4, 0.5) is 15.9 Å². The van der Waals surface area contributed by atoms with Gasteiger partial charge >= 0.3 is 0 Å². The Bertz CT molecular complexity index is 1050. The molecule has 2 aromatic carbocycles. The lowest BCUT2D eigenvalue weighted by molar-refractivity contribution is 0.625. The first kappa shape index (κ1) is 15.3. The molecule has 0 aliphatic rings. The predicted octanol–water partition coefficient (Wildman–Crippen LogP) is 4.32. The Morgan fingerprint density at radius 3 is 2.56 bits per heavy atom. The first-order valence-electron chi connectivity index (χ1n) is 7.92. The van der Waals surface area contributed by atoms with Crippen molar-refractivity contribution in [2.75, 3.05) is 5.32 Å². The summed E-state index contributed by atoms with van der Waals surface area (Å²) < 4.78 is 15.2. The summed E-state index contributed by atoms with van der Waals surface area (Å²) in [5.74, 6) is 0.361. The Morgan fingerprint density at radius 2 is 1.80 bits per heavy atom. The van der Waals surface area contributed by atoms with Crippen LogP contribution in [-0.4, -0.2) is 19.7 Å². The van der Waals surface area contributed by atoms with Crippen molar-refractivity contribution in [3.05, 3.63) is 71.9 Å². The quantitative estimate of drug-likeness (QED) is 0.607. The fourth-order valence-corrected chi connectivity index (χ4v) is 2.77. The fourth-order valence-electron chi connectivity index (χ4n) is 2.77. The van der Waals surface area contributed by atoms with Crippen molar-refractivity contribution in [1.29, 1.82) is 0 Å². The molecule has 0 saturated heterocycles. The summed E-state index contributed by atoms with van der Waals surface area (Å²) in [4.78, 5) is 8.71. The van der Waals surface area contributed by atoms with E-state index in [9.17, 15) is 4.39 Å². The second-order valence-corrected chi connectivity index (χ2v) is 5.89. The van der Waals surface area contributed by atoms with Crippen molar-refractivity contribution >= 4 is 22.5 Å². The van der Waals surface area contributed by atoms with Gasteiger partial charge in [0.2, 0.25) is 0 Å².